The van der Waals surface area contributed by atoms with Gasteiger partial charge in [0.25, 0.3) is 0 Å². The van der Waals surface area contributed by atoms with Gasteiger partial charge in [-0.1, -0.05) is 6.07 Å². The van der Waals surface area contributed by atoms with Crippen LogP contribution in [0.5, 0.6) is 0 Å². The van der Waals surface area contributed by atoms with E-state index >= 15 is 0 Å². The SMILES string of the molecule is FC(F)(F)c1cccc(Nc2nc(Cl)nc3[nH]ncc23)c1. The summed E-state index contributed by atoms with van der Waals surface area (Å²) in [5, 5.41) is 9.69. The minimum Gasteiger partial charge on any atom is -0.339 e. The van der Waals surface area contributed by atoms with Crippen LogP contribution in [-0.2, 0) is 6.18 Å². The molecule has 0 spiro atoms. The lowest BCUT2D eigenvalue weighted by molar-refractivity contribution is -0.137. The molecule has 0 atom stereocenters. The lowest BCUT2D eigenvalue weighted by Gasteiger charge is -2.10. The summed E-state index contributed by atoms with van der Waals surface area (Å²) in [6.45, 7) is 0. The molecular weight excluding hydrogens is 307 g/mol. The van der Waals surface area contributed by atoms with Crippen LogP contribution < -0.4 is 5.32 Å². The molecule has 0 amide bonds. The lowest BCUT2D eigenvalue weighted by atomic mass is 10.2. The van der Waals surface area contributed by atoms with E-state index in [9.17, 15) is 13.2 Å². The fraction of sp³-hybridized carbons (Fsp3) is 0.0833. The van der Waals surface area contributed by atoms with E-state index in [2.05, 4.69) is 25.5 Å². The molecular formula is C12H7ClF3N5. The molecule has 5 nitrogen and oxygen atoms in total. The predicted octanol–water partition coefficient (Wildman–Crippen LogP) is 3.77. The van der Waals surface area contributed by atoms with Gasteiger partial charge >= 0.3 is 6.18 Å². The van der Waals surface area contributed by atoms with Crippen molar-refractivity contribution in [3.63, 3.8) is 0 Å². The number of H-pyrrole nitrogens is 1. The zero-order chi connectivity index (χ0) is 15.0. The zero-order valence-corrected chi connectivity index (χ0v) is 11.0. The molecule has 3 rings (SSSR count). The Morgan fingerprint density at radius 3 is 2.76 bits per heavy atom. The van der Waals surface area contributed by atoms with Crippen LogP contribution in [0.15, 0.2) is 30.5 Å². The number of fused-ring (bicyclic) bond motifs is 1. The van der Waals surface area contributed by atoms with Crippen LogP contribution in [0.1, 0.15) is 5.56 Å². The maximum Gasteiger partial charge on any atom is 0.416 e. The van der Waals surface area contributed by atoms with E-state index in [1.54, 1.807) is 0 Å². The molecule has 2 aromatic heterocycles. The average molecular weight is 314 g/mol. The first kappa shape index (κ1) is 13.6. The van der Waals surface area contributed by atoms with Crippen molar-refractivity contribution < 1.29 is 13.2 Å². The molecule has 0 aliphatic heterocycles. The summed E-state index contributed by atoms with van der Waals surface area (Å²) in [6, 6.07) is 4.78. The normalized spacial score (nSPS) is 11.8. The summed E-state index contributed by atoms with van der Waals surface area (Å²) in [5.74, 6) is 0.276. The molecule has 3 aromatic rings. The van der Waals surface area contributed by atoms with Gasteiger partial charge < -0.3 is 5.32 Å². The third kappa shape index (κ3) is 2.75. The van der Waals surface area contributed by atoms with E-state index in [0.29, 0.717) is 11.0 Å². The van der Waals surface area contributed by atoms with Gasteiger partial charge in [-0.2, -0.15) is 28.2 Å². The number of benzene rings is 1. The number of halogens is 4. The quantitative estimate of drug-likeness (QED) is 0.707. The van der Waals surface area contributed by atoms with E-state index in [4.69, 9.17) is 11.6 Å². The maximum atomic E-state index is 12.7. The second-order valence-electron chi connectivity index (χ2n) is 4.18. The second kappa shape index (κ2) is 4.88. The highest BCUT2D eigenvalue weighted by Gasteiger charge is 2.30. The molecule has 0 saturated heterocycles. The van der Waals surface area contributed by atoms with Gasteiger partial charge in [-0.05, 0) is 29.8 Å². The van der Waals surface area contributed by atoms with Crippen molar-refractivity contribution in [2.24, 2.45) is 0 Å². The first-order chi connectivity index (χ1) is 9.93. The van der Waals surface area contributed by atoms with E-state index in [1.165, 1.54) is 18.3 Å². The van der Waals surface area contributed by atoms with Gasteiger partial charge in [0, 0.05) is 5.69 Å². The zero-order valence-electron chi connectivity index (χ0n) is 10.2. The fourth-order valence-electron chi connectivity index (χ4n) is 1.81. The molecule has 0 saturated carbocycles. The Labute approximate surface area is 121 Å². The number of aromatic amines is 1. The molecule has 21 heavy (non-hydrogen) atoms. The van der Waals surface area contributed by atoms with Crippen LogP contribution in [0, 0.1) is 0 Å². The van der Waals surface area contributed by atoms with Crippen LogP contribution in [0.3, 0.4) is 0 Å². The number of nitrogens with zero attached hydrogens (tertiary/aromatic N) is 3. The first-order valence-corrected chi connectivity index (χ1v) is 6.12. The molecule has 0 fully saturated rings. The van der Waals surface area contributed by atoms with Gasteiger partial charge in [0.2, 0.25) is 5.28 Å². The Balaban J connectivity index is 2.01. The molecule has 0 bridgehead atoms. The number of rotatable bonds is 2. The minimum atomic E-state index is -4.41. The van der Waals surface area contributed by atoms with Gasteiger partial charge in [0.15, 0.2) is 5.65 Å². The summed E-state index contributed by atoms with van der Waals surface area (Å²) in [7, 11) is 0. The largest absolute Gasteiger partial charge is 0.416 e. The smallest absolute Gasteiger partial charge is 0.339 e. The van der Waals surface area contributed by atoms with Crippen LogP contribution in [0.2, 0.25) is 5.28 Å². The monoisotopic (exact) mass is 313 g/mol. The Bertz CT molecular complexity index is 799. The average Bonchev–Trinajstić information content (AvgIpc) is 2.86. The highest BCUT2D eigenvalue weighted by atomic mass is 35.5. The number of alkyl halides is 3. The Morgan fingerprint density at radius 2 is 2.00 bits per heavy atom. The van der Waals surface area contributed by atoms with E-state index in [1.807, 2.05) is 0 Å². The minimum absolute atomic E-state index is 0.0405. The molecule has 0 radical (unpaired) electrons. The molecule has 0 aliphatic rings. The molecule has 0 unspecified atom stereocenters. The molecule has 108 valence electrons. The van der Waals surface area contributed by atoms with E-state index in [0.717, 1.165) is 12.1 Å². The molecule has 1 aromatic carbocycles. The molecule has 2 heterocycles. The summed E-state index contributed by atoms with van der Waals surface area (Å²) in [4.78, 5) is 7.87. The summed E-state index contributed by atoms with van der Waals surface area (Å²) >= 11 is 5.76. The molecule has 0 aliphatic carbocycles. The van der Waals surface area contributed by atoms with Gasteiger partial charge in [-0.25, -0.2) is 0 Å². The number of anilines is 2. The molecule has 2 N–H and O–H groups in total. The number of hydrogen-bond acceptors (Lipinski definition) is 4. The van der Waals surface area contributed by atoms with Gasteiger partial charge in [-0.3, -0.25) is 5.10 Å². The summed E-state index contributed by atoms with van der Waals surface area (Å²) in [6.07, 6.45) is -2.95. The highest BCUT2D eigenvalue weighted by molar-refractivity contribution is 6.28. The molecule has 9 heteroatoms. The lowest BCUT2D eigenvalue weighted by Crippen LogP contribution is -2.05. The van der Waals surface area contributed by atoms with Crippen LogP contribution in [0.4, 0.5) is 24.7 Å². The maximum absolute atomic E-state index is 12.7. The second-order valence-corrected chi connectivity index (χ2v) is 4.52. The van der Waals surface area contributed by atoms with E-state index < -0.39 is 11.7 Å². The number of nitrogens with one attached hydrogen (secondary N) is 2. The van der Waals surface area contributed by atoms with Crippen molar-refractivity contribution in [3.8, 4) is 0 Å². The highest BCUT2D eigenvalue weighted by Crippen LogP contribution is 2.32. The van der Waals surface area contributed by atoms with E-state index in [-0.39, 0.29) is 16.8 Å². The van der Waals surface area contributed by atoms with Crippen LogP contribution >= 0.6 is 11.6 Å². The van der Waals surface area contributed by atoms with Crippen molar-refractivity contribution in [1.82, 2.24) is 20.2 Å². The standard InChI is InChI=1S/C12H7ClF3N5/c13-11-19-9(8-5-17-21-10(8)20-11)18-7-3-1-2-6(4-7)12(14,15)16/h1-5H,(H2,17,18,19,20,21). The van der Waals surface area contributed by atoms with Crippen molar-refractivity contribution in [1.29, 1.82) is 0 Å². The Kier molecular flexibility index (Phi) is 3.17. The van der Waals surface area contributed by atoms with Gasteiger partial charge in [0.1, 0.15) is 5.82 Å². The van der Waals surface area contributed by atoms with Crippen molar-refractivity contribution in [3.05, 3.63) is 41.3 Å². The summed E-state index contributed by atoms with van der Waals surface area (Å²) < 4.78 is 38.1. The van der Waals surface area contributed by atoms with Gasteiger partial charge in [-0.15, -0.1) is 0 Å². The van der Waals surface area contributed by atoms with Crippen molar-refractivity contribution in [2.75, 3.05) is 5.32 Å². The fourth-order valence-corrected chi connectivity index (χ4v) is 1.98. The van der Waals surface area contributed by atoms with Crippen molar-refractivity contribution in [2.45, 2.75) is 6.18 Å². The number of hydrogen-bond donors (Lipinski definition) is 2. The predicted molar refractivity (Wildman–Crippen MR) is 71.4 cm³/mol. The van der Waals surface area contributed by atoms with Crippen LogP contribution in [-0.4, -0.2) is 20.2 Å². The van der Waals surface area contributed by atoms with Crippen molar-refractivity contribution >= 4 is 34.1 Å². The summed E-state index contributed by atoms with van der Waals surface area (Å²) in [5.41, 5.74) is -0.123. The van der Waals surface area contributed by atoms with Gasteiger partial charge in [0.05, 0.1) is 17.1 Å². The third-order valence-corrected chi connectivity index (χ3v) is 2.90. The van der Waals surface area contributed by atoms with Crippen LogP contribution in [0.25, 0.3) is 11.0 Å². The third-order valence-electron chi connectivity index (χ3n) is 2.74. The first-order valence-electron chi connectivity index (χ1n) is 5.74. The number of aromatic nitrogens is 4. The Morgan fingerprint density at radius 1 is 1.19 bits per heavy atom. The Hall–Kier alpha value is -2.35. The topological polar surface area (TPSA) is 66.5 Å².